The number of amides is 2. The zero-order chi connectivity index (χ0) is 26.8. The van der Waals surface area contributed by atoms with Gasteiger partial charge in [-0.05, 0) is 42.9 Å². The van der Waals surface area contributed by atoms with Crippen molar-refractivity contribution in [2.75, 3.05) is 6.54 Å². The largest absolute Gasteiger partial charge is 0.342 e. The van der Waals surface area contributed by atoms with Crippen LogP contribution in [0.4, 0.5) is 8.78 Å². The van der Waals surface area contributed by atoms with E-state index in [1.165, 1.54) is 15.5 Å². The molecule has 0 bridgehead atoms. The highest BCUT2D eigenvalue weighted by atomic mass is 19.1. The number of alkyl halides is 1. The van der Waals surface area contributed by atoms with Crippen LogP contribution in [0.25, 0.3) is 0 Å². The average molecular weight is 521 g/mol. The summed E-state index contributed by atoms with van der Waals surface area (Å²) in [7, 11) is 0. The lowest BCUT2D eigenvalue weighted by Crippen LogP contribution is -2.47. The van der Waals surface area contributed by atoms with Crippen LogP contribution in [-0.4, -0.2) is 45.0 Å². The second-order valence-electron chi connectivity index (χ2n) is 9.98. The van der Waals surface area contributed by atoms with E-state index in [9.17, 15) is 23.2 Å². The summed E-state index contributed by atoms with van der Waals surface area (Å²) in [5.74, 6) is -1.28. The second kappa shape index (κ2) is 10.8. The number of hydrogen-bond acceptors (Lipinski definition) is 4. The van der Waals surface area contributed by atoms with Crippen LogP contribution in [0.5, 0.6) is 0 Å². The number of pyridine rings is 2. The van der Waals surface area contributed by atoms with Crippen molar-refractivity contribution in [1.82, 2.24) is 19.8 Å². The summed E-state index contributed by atoms with van der Waals surface area (Å²) in [6.07, 6.45) is 1.95. The zero-order valence-electron chi connectivity index (χ0n) is 21.1. The van der Waals surface area contributed by atoms with Crippen molar-refractivity contribution in [2.24, 2.45) is 0 Å². The molecule has 2 aliphatic rings. The first-order valence-corrected chi connectivity index (χ1v) is 13.0. The molecule has 198 valence electrons. The summed E-state index contributed by atoms with van der Waals surface area (Å²) < 4.78 is 30.8. The van der Waals surface area contributed by atoms with Gasteiger partial charge in [-0.3, -0.25) is 14.4 Å². The molecule has 3 atom stereocenters. The fourth-order valence-corrected chi connectivity index (χ4v) is 5.05. The Balaban J connectivity index is 1.37. The highest BCUT2D eigenvalue weighted by Crippen LogP contribution is 2.41. The van der Waals surface area contributed by atoms with Gasteiger partial charge in [-0.1, -0.05) is 42.5 Å². The molecule has 0 spiro atoms. The van der Waals surface area contributed by atoms with Crippen LogP contribution in [0, 0.1) is 5.95 Å². The SMILES string of the molecule is CCn1cc(CC(=O)N2CC(F)CC2C(=O)NC(c2ccccc2)c2ccc(C3CC3)c(F)n2)ccc1=O. The van der Waals surface area contributed by atoms with Crippen LogP contribution >= 0.6 is 0 Å². The number of rotatable bonds is 8. The first-order chi connectivity index (χ1) is 18.3. The van der Waals surface area contributed by atoms with Gasteiger partial charge in [0.05, 0.1) is 24.7 Å². The summed E-state index contributed by atoms with van der Waals surface area (Å²) in [6, 6.07) is 13.7. The Labute approximate surface area is 219 Å². The summed E-state index contributed by atoms with van der Waals surface area (Å²) in [5, 5.41) is 2.90. The molecule has 7 nitrogen and oxygen atoms in total. The van der Waals surface area contributed by atoms with Crippen molar-refractivity contribution in [3.05, 3.63) is 99.5 Å². The molecule has 5 rings (SSSR count). The molecule has 2 fully saturated rings. The van der Waals surface area contributed by atoms with E-state index >= 15 is 0 Å². The monoisotopic (exact) mass is 520 g/mol. The van der Waals surface area contributed by atoms with Gasteiger partial charge >= 0.3 is 0 Å². The van der Waals surface area contributed by atoms with Crippen molar-refractivity contribution in [3.63, 3.8) is 0 Å². The molecular weight excluding hydrogens is 490 g/mol. The number of nitrogens with zero attached hydrogens (tertiary/aromatic N) is 3. The van der Waals surface area contributed by atoms with Crippen molar-refractivity contribution in [2.45, 2.75) is 63.3 Å². The lowest BCUT2D eigenvalue weighted by Gasteiger charge is -2.27. The van der Waals surface area contributed by atoms with Crippen LogP contribution in [0.1, 0.15) is 60.5 Å². The number of carbonyl (C=O) groups excluding carboxylic acids is 2. The van der Waals surface area contributed by atoms with Crippen LogP contribution in [0.3, 0.4) is 0 Å². The summed E-state index contributed by atoms with van der Waals surface area (Å²) in [6.45, 7) is 2.09. The minimum Gasteiger partial charge on any atom is -0.342 e. The lowest BCUT2D eigenvalue weighted by atomic mass is 10.0. The third-order valence-corrected chi connectivity index (χ3v) is 7.25. The van der Waals surface area contributed by atoms with Crippen LogP contribution in [0.2, 0.25) is 0 Å². The van der Waals surface area contributed by atoms with E-state index in [1.807, 2.05) is 25.1 Å². The second-order valence-corrected chi connectivity index (χ2v) is 9.98. The third kappa shape index (κ3) is 5.51. The number of halogens is 2. The highest BCUT2D eigenvalue weighted by Gasteiger charge is 2.40. The van der Waals surface area contributed by atoms with Gasteiger partial charge in [0.1, 0.15) is 12.2 Å². The molecule has 1 aromatic carbocycles. The van der Waals surface area contributed by atoms with Crippen LogP contribution < -0.4 is 10.9 Å². The molecule has 3 heterocycles. The fourth-order valence-electron chi connectivity index (χ4n) is 5.05. The van der Waals surface area contributed by atoms with Crippen molar-refractivity contribution >= 4 is 11.8 Å². The lowest BCUT2D eigenvalue weighted by molar-refractivity contribution is -0.138. The minimum atomic E-state index is -1.34. The number of likely N-dealkylation sites (tertiary alicyclic amines) is 1. The number of aryl methyl sites for hydroxylation is 1. The predicted octanol–water partition coefficient (Wildman–Crippen LogP) is 3.67. The van der Waals surface area contributed by atoms with E-state index in [4.69, 9.17) is 0 Å². The van der Waals surface area contributed by atoms with Crippen molar-refractivity contribution < 1.29 is 18.4 Å². The smallest absolute Gasteiger partial charge is 0.250 e. The molecule has 3 aromatic rings. The Morgan fingerprint density at radius 2 is 1.87 bits per heavy atom. The number of carbonyl (C=O) groups is 2. The predicted molar refractivity (Wildman–Crippen MR) is 138 cm³/mol. The first kappa shape index (κ1) is 25.8. The summed E-state index contributed by atoms with van der Waals surface area (Å²) in [4.78, 5) is 44.0. The van der Waals surface area contributed by atoms with E-state index in [1.54, 1.807) is 36.5 Å². The molecular formula is C29H30F2N4O3. The van der Waals surface area contributed by atoms with Gasteiger partial charge < -0.3 is 14.8 Å². The van der Waals surface area contributed by atoms with E-state index in [0.717, 1.165) is 12.8 Å². The normalized spacial score (nSPS) is 19.8. The maximum atomic E-state index is 14.8. The fraction of sp³-hybridized carbons (Fsp3) is 0.379. The molecule has 3 unspecified atom stereocenters. The van der Waals surface area contributed by atoms with E-state index in [-0.39, 0.29) is 30.9 Å². The quantitative estimate of drug-likeness (QED) is 0.460. The highest BCUT2D eigenvalue weighted by molar-refractivity contribution is 5.89. The van der Waals surface area contributed by atoms with Crippen molar-refractivity contribution in [3.8, 4) is 0 Å². The summed E-state index contributed by atoms with van der Waals surface area (Å²) in [5.41, 5.74) is 2.04. The molecule has 1 aliphatic carbocycles. The maximum absolute atomic E-state index is 14.8. The molecule has 0 radical (unpaired) electrons. The summed E-state index contributed by atoms with van der Waals surface area (Å²) >= 11 is 0. The first-order valence-electron chi connectivity index (χ1n) is 13.0. The molecule has 1 aliphatic heterocycles. The van der Waals surface area contributed by atoms with Gasteiger partial charge in [0, 0.05) is 30.8 Å². The minimum absolute atomic E-state index is 0.0612. The molecule has 2 amide bonds. The molecule has 1 saturated carbocycles. The molecule has 38 heavy (non-hydrogen) atoms. The zero-order valence-corrected chi connectivity index (χ0v) is 21.1. The molecule has 1 N–H and O–H groups in total. The Morgan fingerprint density at radius 1 is 1.11 bits per heavy atom. The van der Waals surface area contributed by atoms with Gasteiger partial charge in [0.15, 0.2) is 0 Å². The van der Waals surface area contributed by atoms with E-state index < -0.39 is 36.0 Å². The Hall–Kier alpha value is -3.88. The maximum Gasteiger partial charge on any atom is 0.250 e. The topological polar surface area (TPSA) is 84.3 Å². The Kier molecular flexibility index (Phi) is 7.35. The van der Waals surface area contributed by atoms with E-state index in [2.05, 4.69) is 10.3 Å². The van der Waals surface area contributed by atoms with Crippen LogP contribution in [0.15, 0.2) is 65.6 Å². The van der Waals surface area contributed by atoms with Crippen molar-refractivity contribution in [1.29, 1.82) is 0 Å². The average Bonchev–Trinajstić information content (AvgIpc) is 3.68. The third-order valence-electron chi connectivity index (χ3n) is 7.25. The molecule has 2 aromatic heterocycles. The standard InChI is InChI=1S/C29H30F2N4O3/c1-2-34-16-18(8-13-25(34)36)14-26(37)35-17-21(30)15-24(35)29(38)33-27(20-6-4-3-5-7-20)23-12-11-22(19-9-10-19)28(31)32-23/h3-8,11-13,16,19,21,24,27H,2,9-10,14-15,17H2,1H3,(H,33,38). The number of hydrogen-bond donors (Lipinski definition) is 1. The molecule has 1 saturated heterocycles. The Bertz CT molecular complexity index is 1390. The van der Waals surface area contributed by atoms with E-state index in [0.29, 0.717) is 28.9 Å². The van der Waals surface area contributed by atoms with Crippen LogP contribution in [-0.2, 0) is 22.6 Å². The Morgan fingerprint density at radius 3 is 2.55 bits per heavy atom. The number of aromatic nitrogens is 2. The number of benzene rings is 1. The van der Waals surface area contributed by atoms with Gasteiger partial charge in [-0.25, -0.2) is 9.37 Å². The molecule has 9 heteroatoms. The number of nitrogens with one attached hydrogen (secondary N) is 1. The van der Waals surface area contributed by atoms with Gasteiger partial charge in [0.25, 0.3) is 5.56 Å². The van der Waals surface area contributed by atoms with Gasteiger partial charge in [-0.2, -0.15) is 4.39 Å². The van der Waals surface area contributed by atoms with Gasteiger partial charge in [0.2, 0.25) is 17.8 Å². The van der Waals surface area contributed by atoms with Gasteiger partial charge in [-0.15, -0.1) is 0 Å².